The van der Waals surface area contributed by atoms with Crippen LogP contribution < -0.4 is 10.2 Å². The molecule has 0 spiro atoms. The first-order chi connectivity index (χ1) is 8.66. The maximum absolute atomic E-state index is 12.0. The predicted molar refractivity (Wildman–Crippen MR) is 68.5 cm³/mol. The number of nitrogens with zero attached hydrogens (tertiary/aromatic N) is 3. The van der Waals surface area contributed by atoms with E-state index in [9.17, 15) is 4.79 Å². The molecule has 1 aromatic rings. The van der Waals surface area contributed by atoms with Crippen LogP contribution in [0.2, 0.25) is 0 Å². The third kappa shape index (κ3) is 3.16. The van der Waals surface area contributed by atoms with E-state index in [0.29, 0.717) is 18.4 Å². The van der Waals surface area contributed by atoms with Crippen molar-refractivity contribution in [2.24, 2.45) is 5.92 Å². The molecule has 98 valence electrons. The number of aromatic nitrogens is 2. The smallest absolute Gasteiger partial charge is 0.230 e. The number of carbonyl (C=O) groups is 1. The van der Waals surface area contributed by atoms with Crippen LogP contribution in [0.5, 0.6) is 0 Å². The highest BCUT2D eigenvalue weighted by Gasteiger charge is 2.22. The standard InChI is InChI=1S/C12H18N4O2/c1-16(2)12-13-6-5-10(15-12)14-11(17)9-4-3-7-18-8-9/h5-6,9H,3-4,7-8H2,1-2H3,(H,13,14,15,17)/t9-/m0/s1. The quantitative estimate of drug-likeness (QED) is 0.863. The van der Waals surface area contributed by atoms with Gasteiger partial charge in [0.15, 0.2) is 0 Å². The van der Waals surface area contributed by atoms with Crippen molar-refractivity contribution in [3.8, 4) is 0 Å². The highest BCUT2D eigenvalue weighted by atomic mass is 16.5. The van der Waals surface area contributed by atoms with E-state index in [1.165, 1.54) is 0 Å². The van der Waals surface area contributed by atoms with Crippen LogP contribution in [0.3, 0.4) is 0 Å². The van der Waals surface area contributed by atoms with E-state index in [0.717, 1.165) is 19.4 Å². The summed E-state index contributed by atoms with van der Waals surface area (Å²) in [7, 11) is 3.71. The van der Waals surface area contributed by atoms with Gasteiger partial charge in [-0.1, -0.05) is 0 Å². The van der Waals surface area contributed by atoms with Gasteiger partial charge in [-0.2, -0.15) is 4.98 Å². The van der Waals surface area contributed by atoms with Crippen LogP contribution in [0.15, 0.2) is 12.3 Å². The number of rotatable bonds is 3. The van der Waals surface area contributed by atoms with Crippen LogP contribution in [-0.4, -0.2) is 43.2 Å². The van der Waals surface area contributed by atoms with Gasteiger partial charge in [0.2, 0.25) is 11.9 Å². The molecule has 6 nitrogen and oxygen atoms in total. The van der Waals surface area contributed by atoms with Gasteiger partial charge in [0, 0.05) is 26.9 Å². The molecule has 0 bridgehead atoms. The van der Waals surface area contributed by atoms with E-state index < -0.39 is 0 Å². The summed E-state index contributed by atoms with van der Waals surface area (Å²) < 4.78 is 5.30. The van der Waals surface area contributed by atoms with Crippen LogP contribution in [0.25, 0.3) is 0 Å². The van der Waals surface area contributed by atoms with Crippen molar-refractivity contribution >= 4 is 17.7 Å². The lowest BCUT2D eigenvalue weighted by atomic mass is 10.0. The van der Waals surface area contributed by atoms with E-state index in [-0.39, 0.29) is 11.8 Å². The summed E-state index contributed by atoms with van der Waals surface area (Å²) in [4.78, 5) is 22.1. The average molecular weight is 250 g/mol. The highest BCUT2D eigenvalue weighted by molar-refractivity contribution is 5.91. The van der Waals surface area contributed by atoms with E-state index >= 15 is 0 Å². The van der Waals surface area contributed by atoms with Gasteiger partial charge in [0.1, 0.15) is 5.82 Å². The summed E-state index contributed by atoms with van der Waals surface area (Å²) in [6.45, 7) is 1.25. The molecule has 0 unspecified atom stereocenters. The first-order valence-electron chi connectivity index (χ1n) is 6.06. The number of anilines is 2. The number of carbonyl (C=O) groups excluding carboxylic acids is 1. The number of nitrogens with one attached hydrogen (secondary N) is 1. The first kappa shape index (κ1) is 12.8. The first-order valence-corrected chi connectivity index (χ1v) is 6.06. The number of hydrogen-bond acceptors (Lipinski definition) is 5. The second-order valence-corrected chi connectivity index (χ2v) is 4.54. The molecule has 1 aliphatic rings. The van der Waals surface area contributed by atoms with Crippen molar-refractivity contribution in [2.75, 3.05) is 37.5 Å². The Morgan fingerprint density at radius 1 is 1.56 bits per heavy atom. The lowest BCUT2D eigenvalue weighted by Crippen LogP contribution is -2.30. The van der Waals surface area contributed by atoms with Crippen molar-refractivity contribution < 1.29 is 9.53 Å². The molecule has 1 aromatic heterocycles. The van der Waals surface area contributed by atoms with Gasteiger partial charge in [0.25, 0.3) is 0 Å². The Labute approximate surface area is 106 Å². The third-order valence-corrected chi connectivity index (χ3v) is 2.83. The van der Waals surface area contributed by atoms with E-state index in [4.69, 9.17) is 4.74 Å². The Balaban J connectivity index is 1.99. The zero-order valence-electron chi connectivity index (χ0n) is 10.7. The zero-order chi connectivity index (χ0) is 13.0. The predicted octanol–water partition coefficient (Wildman–Crippen LogP) is 0.908. The maximum atomic E-state index is 12.0. The number of amides is 1. The van der Waals surface area contributed by atoms with Gasteiger partial charge < -0.3 is 15.0 Å². The summed E-state index contributed by atoms with van der Waals surface area (Å²) in [5.41, 5.74) is 0. The van der Waals surface area contributed by atoms with Crippen LogP contribution in [0, 0.1) is 5.92 Å². The largest absolute Gasteiger partial charge is 0.381 e. The van der Waals surface area contributed by atoms with Crippen molar-refractivity contribution in [1.82, 2.24) is 9.97 Å². The molecule has 0 aliphatic carbocycles. The Morgan fingerprint density at radius 2 is 2.39 bits per heavy atom. The average Bonchev–Trinajstić information content (AvgIpc) is 2.40. The van der Waals surface area contributed by atoms with E-state index in [1.807, 2.05) is 14.1 Å². The van der Waals surface area contributed by atoms with Gasteiger partial charge in [-0.05, 0) is 18.9 Å². The minimum atomic E-state index is -0.0727. The molecule has 2 rings (SSSR count). The normalized spacial score (nSPS) is 19.3. The molecular weight excluding hydrogens is 232 g/mol. The minimum Gasteiger partial charge on any atom is -0.381 e. The van der Waals surface area contributed by atoms with Gasteiger partial charge >= 0.3 is 0 Å². The van der Waals surface area contributed by atoms with Crippen molar-refractivity contribution in [3.63, 3.8) is 0 Å². The topological polar surface area (TPSA) is 67.4 Å². The summed E-state index contributed by atoms with van der Waals surface area (Å²) >= 11 is 0. The molecule has 1 amide bonds. The third-order valence-electron chi connectivity index (χ3n) is 2.83. The molecule has 1 atom stereocenters. The van der Waals surface area contributed by atoms with Crippen molar-refractivity contribution in [2.45, 2.75) is 12.8 Å². The van der Waals surface area contributed by atoms with Crippen molar-refractivity contribution in [1.29, 1.82) is 0 Å². The van der Waals surface area contributed by atoms with Crippen LogP contribution in [-0.2, 0) is 9.53 Å². The summed E-state index contributed by atoms with van der Waals surface area (Å²) in [5, 5.41) is 2.81. The maximum Gasteiger partial charge on any atom is 0.230 e. The Kier molecular flexibility index (Phi) is 4.09. The summed E-state index contributed by atoms with van der Waals surface area (Å²) in [5.74, 6) is 1.01. The lowest BCUT2D eigenvalue weighted by molar-refractivity contribution is -0.123. The Morgan fingerprint density at radius 3 is 3.06 bits per heavy atom. The molecule has 1 fully saturated rings. The fourth-order valence-corrected chi connectivity index (χ4v) is 1.81. The second kappa shape index (κ2) is 5.77. The summed E-state index contributed by atoms with van der Waals surface area (Å²) in [6, 6.07) is 1.69. The SMILES string of the molecule is CN(C)c1nccc(NC(=O)[C@H]2CCCOC2)n1. The molecule has 6 heteroatoms. The molecule has 0 radical (unpaired) electrons. The second-order valence-electron chi connectivity index (χ2n) is 4.54. The van der Waals surface area contributed by atoms with Crippen LogP contribution in [0.1, 0.15) is 12.8 Å². The zero-order valence-corrected chi connectivity index (χ0v) is 10.7. The van der Waals surface area contributed by atoms with E-state index in [1.54, 1.807) is 17.2 Å². The summed E-state index contributed by atoms with van der Waals surface area (Å²) in [6.07, 6.45) is 3.44. The number of ether oxygens (including phenoxy) is 1. The van der Waals surface area contributed by atoms with Gasteiger partial charge in [0.05, 0.1) is 12.5 Å². The molecule has 18 heavy (non-hydrogen) atoms. The van der Waals surface area contributed by atoms with Crippen LogP contribution in [0.4, 0.5) is 11.8 Å². The fourth-order valence-electron chi connectivity index (χ4n) is 1.81. The Bertz CT molecular complexity index is 416. The van der Waals surface area contributed by atoms with Gasteiger partial charge in [-0.3, -0.25) is 4.79 Å². The Hall–Kier alpha value is -1.69. The fraction of sp³-hybridized carbons (Fsp3) is 0.583. The molecule has 2 heterocycles. The molecule has 0 aromatic carbocycles. The van der Waals surface area contributed by atoms with Crippen LogP contribution >= 0.6 is 0 Å². The highest BCUT2D eigenvalue weighted by Crippen LogP contribution is 2.16. The molecule has 0 saturated carbocycles. The minimum absolute atomic E-state index is 0.0295. The molecular formula is C12H18N4O2. The lowest BCUT2D eigenvalue weighted by Gasteiger charge is -2.21. The van der Waals surface area contributed by atoms with E-state index in [2.05, 4.69) is 15.3 Å². The van der Waals surface area contributed by atoms with Gasteiger partial charge in [-0.15, -0.1) is 0 Å². The number of hydrogen-bond donors (Lipinski definition) is 1. The van der Waals surface area contributed by atoms with Crippen molar-refractivity contribution in [3.05, 3.63) is 12.3 Å². The monoisotopic (exact) mass is 250 g/mol. The molecule has 1 saturated heterocycles. The molecule has 1 N–H and O–H groups in total. The molecule has 1 aliphatic heterocycles. The van der Waals surface area contributed by atoms with Gasteiger partial charge in [-0.25, -0.2) is 4.98 Å².